The first-order chi connectivity index (χ1) is 7.97. The molecule has 0 heterocycles. The summed E-state index contributed by atoms with van der Waals surface area (Å²) in [5, 5.41) is 21.6. The van der Waals surface area contributed by atoms with Crippen LogP contribution in [0.1, 0.15) is 19.3 Å². The minimum Gasteiger partial charge on any atom is -0.481 e. The highest BCUT2D eigenvalue weighted by Crippen LogP contribution is 1.97. The zero-order valence-electron chi connectivity index (χ0n) is 9.10. The van der Waals surface area contributed by atoms with Crippen LogP contribution in [0.4, 0.5) is 4.79 Å². The number of carboxylic acid groups (broad SMARTS) is 2. The van der Waals surface area contributed by atoms with Gasteiger partial charge in [0.25, 0.3) is 0 Å². The second kappa shape index (κ2) is 7.98. The highest BCUT2D eigenvalue weighted by Gasteiger charge is 2.20. The summed E-state index contributed by atoms with van der Waals surface area (Å²) < 4.78 is 0. The molecule has 17 heavy (non-hydrogen) atoms. The van der Waals surface area contributed by atoms with Crippen LogP contribution < -0.4 is 10.6 Å². The molecule has 1 unspecified atom stereocenters. The fourth-order valence-electron chi connectivity index (χ4n) is 0.983. The molecule has 0 aliphatic heterocycles. The lowest BCUT2D eigenvalue weighted by atomic mass is 10.1. The van der Waals surface area contributed by atoms with E-state index in [1.54, 1.807) is 0 Å². The van der Waals surface area contributed by atoms with Crippen molar-refractivity contribution in [2.45, 2.75) is 25.3 Å². The van der Waals surface area contributed by atoms with Crippen molar-refractivity contribution in [2.75, 3.05) is 6.54 Å². The van der Waals surface area contributed by atoms with Crippen LogP contribution in [0.25, 0.3) is 0 Å². The number of carbonyl (C=O) groups excluding carboxylic acids is 1. The van der Waals surface area contributed by atoms with E-state index >= 15 is 0 Å². The molecule has 4 N–H and O–H groups in total. The molecule has 1 atom stereocenters. The number of nitrogens with one attached hydrogen (secondary N) is 2. The summed E-state index contributed by atoms with van der Waals surface area (Å²) >= 11 is 0. The Morgan fingerprint density at radius 3 is 2.41 bits per heavy atom. The Bertz CT molecular complexity index is 334. The average Bonchev–Trinajstić information content (AvgIpc) is 2.23. The van der Waals surface area contributed by atoms with E-state index in [-0.39, 0.29) is 19.4 Å². The van der Waals surface area contributed by atoms with Gasteiger partial charge in [0.15, 0.2) is 0 Å². The Morgan fingerprint density at radius 1 is 1.29 bits per heavy atom. The molecular weight excluding hydrogens is 228 g/mol. The number of terminal acetylenes is 1. The summed E-state index contributed by atoms with van der Waals surface area (Å²) in [4.78, 5) is 32.2. The van der Waals surface area contributed by atoms with Crippen LogP contribution in [0, 0.1) is 12.3 Å². The summed E-state index contributed by atoms with van der Waals surface area (Å²) in [6, 6.07) is -1.91. The Balaban J connectivity index is 4.07. The largest absolute Gasteiger partial charge is 0.481 e. The van der Waals surface area contributed by atoms with E-state index in [9.17, 15) is 14.4 Å². The van der Waals surface area contributed by atoms with Crippen molar-refractivity contribution in [1.29, 1.82) is 0 Å². The number of urea groups is 1. The molecular formula is C10H14N2O5. The van der Waals surface area contributed by atoms with Gasteiger partial charge in [-0.25, -0.2) is 9.59 Å². The van der Waals surface area contributed by atoms with E-state index in [1.807, 2.05) is 0 Å². The van der Waals surface area contributed by atoms with Crippen LogP contribution >= 0.6 is 0 Å². The van der Waals surface area contributed by atoms with Crippen LogP contribution in [-0.2, 0) is 9.59 Å². The predicted octanol–water partition coefficient (Wildman–Crippen LogP) is -0.373. The van der Waals surface area contributed by atoms with Crippen LogP contribution in [0.3, 0.4) is 0 Å². The Kier molecular flexibility index (Phi) is 6.94. The average molecular weight is 242 g/mol. The van der Waals surface area contributed by atoms with Crippen molar-refractivity contribution in [1.82, 2.24) is 10.6 Å². The summed E-state index contributed by atoms with van der Waals surface area (Å²) in [7, 11) is 0. The molecule has 7 heteroatoms. The number of carboxylic acids is 2. The van der Waals surface area contributed by atoms with E-state index in [1.165, 1.54) is 0 Å². The molecule has 94 valence electrons. The molecule has 2 amide bonds. The molecule has 0 aliphatic rings. The van der Waals surface area contributed by atoms with Crippen molar-refractivity contribution in [3.8, 4) is 12.3 Å². The van der Waals surface area contributed by atoms with Crippen LogP contribution in [0.5, 0.6) is 0 Å². The molecule has 0 saturated carbocycles. The lowest BCUT2D eigenvalue weighted by Crippen LogP contribution is -2.46. The number of amides is 2. The van der Waals surface area contributed by atoms with Gasteiger partial charge in [0.1, 0.15) is 6.04 Å². The topological polar surface area (TPSA) is 116 Å². The molecule has 0 bridgehead atoms. The molecule has 0 spiro atoms. The van der Waals surface area contributed by atoms with Gasteiger partial charge in [0.05, 0.1) is 0 Å². The van der Waals surface area contributed by atoms with E-state index in [4.69, 9.17) is 16.6 Å². The second-order valence-corrected chi connectivity index (χ2v) is 3.18. The van der Waals surface area contributed by atoms with Gasteiger partial charge in [-0.3, -0.25) is 4.79 Å². The van der Waals surface area contributed by atoms with Crippen LogP contribution in [0.2, 0.25) is 0 Å². The number of aliphatic carboxylic acids is 2. The van der Waals surface area contributed by atoms with Crippen molar-refractivity contribution in [2.24, 2.45) is 0 Å². The minimum atomic E-state index is -1.28. The molecule has 0 aromatic heterocycles. The van der Waals surface area contributed by atoms with E-state index in [0.29, 0.717) is 6.42 Å². The van der Waals surface area contributed by atoms with Crippen molar-refractivity contribution < 1.29 is 24.6 Å². The molecule has 0 aromatic rings. The molecule has 7 nitrogen and oxygen atoms in total. The fraction of sp³-hybridized carbons (Fsp3) is 0.500. The van der Waals surface area contributed by atoms with Crippen molar-refractivity contribution >= 4 is 18.0 Å². The summed E-state index contributed by atoms with van der Waals surface area (Å²) in [6.45, 7) is 0.230. The second-order valence-electron chi connectivity index (χ2n) is 3.18. The van der Waals surface area contributed by atoms with Gasteiger partial charge < -0.3 is 20.8 Å². The summed E-state index contributed by atoms with van der Waals surface area (Å²) in [5.74, 6) is -0.0962. The van der Waals surface area contributed by atoms with Gasteiger partial charge in [-0.05, 0) is 6.42 Å². The van der Waals surface area contributed by atoms with E-state index < -0.39 is 24.0 Å². The maximum Gasteiger partial charge on any atom is 0.326 e. The maximum atomic E-state index is 11.2. The highest BCUT2D eigenvalue weighted by atomic mass is 16.4. The summed E-state index contributed by atoms with van der Waals surface area (Å²) in [5.41, 5.74) is 0. The quantitative estimate of drug-likeness (QED) is 0.359. The number of hydrogen-bond donors (Lipinski definition) is 4. The molecule has 0 fully saturated rings. The number of rotatable bonds is 7. The van der Waals surface area contributed by atoms with E-state index in [2.05, 4.69) is 16.6 Å². The first-order valence-corrected chi connectivity index (χ1v) is 4.89. The lowest BCUT2D eigenvalue weighted by Gasteiger charge is -2.13. The lowest BCUT2D eigenvalue weighted by molar-refractivity contribution is -0.140. The van der Waals surface area contributed by atoms with Gasteiger partial charge in [-0.1, -0.05) is 0 Å². The fourth-order valence-corrected chi connectivity index (χ4v) is 0.983. The molecule has 0 aliphatic carbocycles. The van der Waals surface area contributed by atoms with Gasteiger partial charge in [-0.2, -0.15) is 0 Å². The highest BCUT2D eigenvalue weighted by molar-refractivity contribution is 5.82. The number of carbonyl (C=O) groups is 3. The number of hydrogen-bond acceptors (Lipinski definition) is 3. The molecule has 0 rings (SSSR count). The Morgan fingerprint density at radius 2 is 1.94 bits per heavy atom. The smallest absolute Gasteiger partial charge is 0.326 e. The Labute approximate surface area is 98.2 Å². The van der Waals surface area contributed by atoms with Gasteiger partial charge >= 0.3 is 18.0 Å². The third-order valence-electron chi connectivity index (χ3n) is 1.81. The van der Waals surface area contributed by atoms with Gasteiger partial charge in [-0.15, -0.1) is 12.3 Å². The molecule has 0 saturated heterocycles. The zero-order valence-corrected chi connectivity index (χ0v) is 9.10. The molecule has 0 radical (unpaired) electrons. The third kappa shape index (κ3) is 7.67. The van der Waals surface area contributed by atoms with Crippen molar-refractivity contribution in [3.63, 3.8) is 0 Å². The van der Waals surface area contributed by atoms with Crippen molar-refractivity contribution in [3.05, 3.63) is 0 Å². The minimum absolute atomic E-state index is 0.173. The van der Waals surface area contributed by atoms with E-state index in [0.717, 1.165) is 0 Å². The normalized spacial score (nSPS) is 11.0. The predicted molar refractivity (Wildman–Crippen MR) is 58.3 cm³/mol. The molecule has 0 aromatic carbocycles. The summed E-state index contributed by atoms with van der Waals surface area (Å²) in [6.07, 6.45) is 4.79. The zero-order chi connectivity index (χ0) is 13.3. The first kappa shape index (κ1) is 14.8. The SMILES string of the molecule is C#CCCNC(=O)NC(CCC(=O)O)C(=O)O. The Hall–Kier alpha value is -2.23. The van der Waals surface area contributed by atoms with Gasteiger partial charge in [0, 0.05) is 19.4 Å². The van der Waals surface area contributed by atoms with Crippen LogP contribution in [0.15, 0.2) is 0 Å². The van der Waals surface area contributed by atoms with Crippen LogP contribution in [-0.4, -0.2) is 40.8 Å². The van der Waals surface area contributed by atoms with Gasteiger partial charge in [0.2, 0.25) is 0 Å². The first-order valence-electron chi connectivity index (χ1n) is 4.89. The third-order valence-corrected chi connectivity index (χ3v) is 1.81. The monoisotopic (exact) mass is 242 g/mol. The standard InChI is InChI=1S/C10H14N2O5/c1-2-3-6-11-10(17)12-7(9(15)16)4-5-8(13)14/h1,7H,3-6H2,(H,13,14)(H,15,16)(H2,11,12,17). The maximum absolute atomic E-state index is 11.2.